The molecule has 0 fully saturated rings. The van der Waals surface area contributed by atoms with Gasteiger partial charge in [-0.15, -0.1) is 11.3 Å². The molecule has 33 heavy (non-hydrogen) atoms. The maximum Gasteiger partial charge on any atom is 0.242 e. The van der Waals surface area contributed by atoms with Crippen LogP contribution in [-0.2, 0) is 29.1 Å². The van der Waals surface area contributed by atoms with E-state index in [0.29, 0.717) is 36.5 Å². The molecule has 4 rings (SSSR count). The number of imidazole rings is 1. The summed E-state index contributed by atoms with van der Waals surface area (Å²) in [4.78, 5) is 32.7. The van der Waals surface area contributed by atoms with Gasteiger partial charge in [0.25, 0.3) is 0 Å². The second-order valence-electron chi connectivity index (χ2n) is 8.51. The first-order chi connectivity index (χ1) is 15.9. The summed E-state index contributed by atoms with van der Waals surface area (Å²) in [5.41, 5.74) is 3.48. The van der Waals surface area contributed by atoms with E-state index in [1.807, 2.05) is 66.8 Å². The van der Waals surface area contributed by atoms with E-state index in [9.17, 15) is 14.9 Å². The number of amides is 2. The van der Waals surface area contributed by atoms with Gasteiger partial charge in [0.1, 0.15) is 23.4 Å². The number of aryl methyl sites for hydroxylation is 2. The number of anilines is 1. The molecular formula is C25H27N5O2S. The fourth-order valence-electron chi connectivity index (χ4n) is 4.25. The predicted molar refractivity (Wildman–Crippen MR) is 128 cm³/mol. The Kier molecular flexibility index (Phi) is 6.61. The van der Waals surface area contributed by atoms with Gasteiger partial charge in [0.05, 0.1) is 17.8 Å². The molecule has 0 unspecified atom stereocenters. The number of rotatable bonds is 6. The first kappa shape index (κ1) is 22.7. The topological polar surface area (TPSA) is 91.0 Å². The number of fused-ring (bicyclic) bond motifs is 1. The molecule has 0 aliphatic carbocycles. The van der Waals surface area contributed by atoms with Crippen molar-refractivity contribution < 1.29 is 9.59 Å². The predicted octanol–water partition coefficient (Wildman–Crippen LogP) is 4.15. The summed E-state index contributed by atoms with van der Waals surface area (Å²) >= 11 is 1.41. The quantitative estimate of drug-likeness (QED) is 0.597. The maximum atomic E-state index is 12.9. The lowest BCUT2D eigenvalue weighted by Crippen LogP contribution is -2.37. The van der Waals surface area contributed by atoms with Crippen LogP contribution in [0.3, 0.4) is 0 Å². The average molecular weight is 462 g/mol. The molecule has 0 bridgehead atoms. The number of carbonyl (C=O) groups excluding carboxylic acids is 2. The molecule has 3 aromatic rings. The van der Waals surface area contributed by atoms with Crippen LogP contribution >= 0.6 is 11.3 Å². The molecule has 0 saturated heterocycles. The fraction of sp³-hybridized carbons (Fsp3) is 0.360. The van der Waals surface area contributed by atoms with Crippen LogP contribution in [0, 0.1) is 25.2 Å². The number of benzene rings is 1. The second kappa shape index (κ2) is 9.59. The molecule has 8 heteroatoms. The highest BCUT2D eigenvalue weighted by Crippen LogP contribution is 2.37. The molecule has 1 aromatic carbocycles. The first-order valence-electron chi connectivity index (χ1n) is 11.0. The highest BCUT2D eigenvalue weighted by Gasteiger charge is 2.28. The van der Waals surface area contributed by atoms with E-state index in [2.05, 4.69) is 16.4 Å². The van der Waals surface area contributed by atoms with Gasteiger partial charge < -0.3 is 14.8 Å². The maximum absolute atomic E-state index is 12.9. The number of carbonyl (C=O) groups is 2. The molecule has 3 heterocycles. The zero-order valence-corrected chi connectivity index (χ0v) is 19.9. The Hall–Kier alpha value is -3.44. The van der Waals surface area contributed by atoms with Crippen molar-refractivity contribution in [2.24, 2.45) is 0 Å². The van der Waals surface area contributed by atoms with Crippen LogP contribution in [0.4, 0.5) is 5.00 Å². The van der Waals surface area contributed by atoms with E-state index in [0.717, 1.165) is 27.5 Å². The van der Waals surface area contributed by atoms with Crippen molar-refractivity contribution in [1.82, 2.24) is 14.5 Å². The van der Waals surface area contributed by atoms with Gasteiger partial charge in [-0.3, -0.25) is 9.59 Å². The highest BCUT2D eigenvalue weighted by atomic mass is 32.1. The van der Waals surface area contributed by atoms with Gasteiger partial charge in [-0.2, -0.15) is 5.26 Å². The lowest BCUT2D eigenvalue weighted by atomic mass is 9.97. The summed E-state index contributed by atoms with van der Waals surface area (Å²) in [6.45, 7) is 7.08. The van der Waals surface area contributed by atoms with Gasteiger partial charge in [-0.1, -0.05) is 37.3 Å². The van der Waals surface area contributed by atoms with Crippen LogP contribution in [-0.4, -0.2) is 32.8 Å². The average Bonchev–Trinajstić information content (AvgIpc) is 3.30. The summed E-state index contributed by atoms with van der Waals surface area (Å²) in [5.74, 6) is 0.807. The minimum absolute atomic E-state index is 0.0235. The number of thiophene rings is 1. The van der Waals surface area contributed by atoms with E-state index < -0.39 is 0 Å². The summed E-state index contributed by atoms with van der Waals surface area (Å²) < 4.78 is 1.86. The van der Waals surface area contributed by atoms with Crippen molar-refractivity contribution in [2.75, 3.05) is 11.9 Å². The summed E-state index contributed by atoms with van der Waals surface area (Å²) in [7, 11) is 0. The van der Waals surface area contributed by atoms with Gasteiger partial charge in [0.15, 0.2) is 0 Å². The van der Waals surface area contributed by atoms with Crippen molar-refractivity contribution in [3.05, 3.63) is 69.6 Å². The van der Waals surface area contributed by atoms with Crippen molar-refractivity contribution >= 4 is 28.2 Å². The molecule has 2 aromatic heterocycles. The molecule has 0 spiro atoms. The Bertz CT molecular complexity index is 1220. The van der Waals surface area contributed by atoms with E-state index in [1.165, 1.54) is 11.3 Å². The third-order valence-corrected chi connectivity index (χ3v) is 7.17. The van der Waals surface area contributed by atoms with Gasteiger partial charge in [0, 0.05) is 24.0 Å². The monoisotopic (exact) mass is 461 g/mol. The molecular weight excluding hydrogens is 434 g/mol. The molecule has 2 amide bonds. The Morgan fingerprint density at radius 3 is 2.70 bits per heavy atom. The Morgan fingerprint density at radius 2 is 2.03 bits per heavy atom. The van der Waals surface area contributed by atoms with Crippen molar-refractivity contribution in [3.63, 3.8) is 0 Å². The molecule has 0 saturated carbocycles. The van der Waals surface area contributed by atoms with Gasteiger partial charge in [-0.05, 0) is 37.3 Å². The Labute approximate surface area is 197 Å². The fourth-order valence-corrected chi connectivity index (χ4v) is 5.48. The SMILES string of the molecule is Cc1cn(CC(=O)N2CCc3c(sc(NC(=O)C[C@@H](C)c4ccccc4)c3C#N)C2)c(C)n1. The van der Waals surface area contributed by atoms with Crippen LogP contribution < -0.4 is 5.32 Å². The summed E-state index contributed by atoms with van der Waals surface area (Å²) in [5, 5.41) is 13.3. The van der Waals surface area contributed by atoms with Crippen molar-refractivity contribution in [3.8, 4) is 6.07 Å². The molecule has 1 aliphatic heterocycles. The van der Waals surface area contributed by atoms with Crippen molar-refractivity contribution in [1.29, 1.82) is 5.26 Å². The molecule has 1 atom stereocenters. The number of hydrogen-bond donors (Lipinski definition) is 1. The van der Waals surface area contributed by atoms with Gasteiger partial charge in [0.2, 0.25) is 11.8 Å². The zero-order chi connectivity index (χ0) is 23.5. The largest absolute Gasteiger partial charge is 0.336 e. The summed E-state index contributed by atoms with van der Waals surface area (Å²) in [6, 6.07) is 12.2. The van der Waals surface area contributed by atoms with Crippen LogP contribution in [0.5, 0.6) is 0 Å². The highest BCUT2D eigenvalue weighted by molar-refractivity contribution is 7.16. The van der Waals surface area contributed by atoms with Crippen LogP contribution in [0.2, 0.25) is 0 Å². The number of hydrogen-bond acceptors (Lipinski definition) is 5. The lowest BCUT2D eigenvalue weighted by Gasteiger charge is -2.27. The van der Waals surface area contributed by atoms with Gasteiger partial charge in [-0.25, -0.2) is 4.98 Å². The third kappa shape index (κ3) is 4.99. The van der Waals surface area contributed by atoms with Crippen LogP contribution in [0.1, 0.15) is 52.3 Å². The molecule has 0 radical (unpaired) electrons. The number of nitrogens with zero attached hydrogens (tertiary/aromatic N) is 4. The third-order valence-electron chi connectivity index (χ3n) is 6.04. The Morgan fingerprint density at radius 1 is 1.27 bits per heavy atom. The van der Waals surface area contributed by atoms with E-state index >= 15 is 0 Å². The minimum atomic E-state index is -0.111. The van der Waals surface area contributed by atoms with E-state index in [-0.39, 0.29) is 24.3 Å². The van der Waals surface area contributed by atoms with Crippen molar-refractivity contribution in [2.45, 2.75) is 52.6 Å². The van der Waals surface area contributed by atoms with E-state index in [1.54, 1.807) is 0 Å². The van der Waals surface area contributed by atoms with Crippen LogP contribution in [0.15, 0.2) is 36.5 Å². The number of aromatic nitrogens is 2. The molecule has 170 valence electrons. The second-order valence-corrected chi connectivity index (χ2v) is 9.61. The standard InChI is InChI=1S/C25H27N5O2S/c1-16(19-7-5-4-6-8-19)11-23(31)28-25-21(12-26)20-9-10-29(14-22(20)33-25)24(32)15-30-13-17(2)27-18(30)3/h4-8,13,16H,9-11,14-15H2,1-3H3,(H,28,31)/t16-/m1/s1. The smallest absolute Gasteiger partial charge is 0.242 e. The Balaban J connectivity index is 1.44. The van der Waals surface area contributed by atoms with Gasteiger partial charge >= 0.3 is 0 Å². The van der Waals surface area contributed by atoms with Crippen LogP contribution in [0.25, 0.3) is 0 Å². The zero-order valence-electron chi connectivity index (χ0n) is 19.1. The molecule has 7 nitrogen and oxygen atoms in total. The molecule has 1 N–H and O–H groups in total. The first-order valence-corrected chi connectivity index (χ1v) is 11.8. The molecule has 1 aliphatic rings. The summed E-state index contributed by atoms with van der Waals surface area (Å²) in [6.07, 6.45) is 2.83. The number of nitriles is 1. The van der Waals surface area contributed by atoms with E-state index in [4.69, 9.17) is 0 Å². The normalized spacial score (nSPS) is 13.8. The number of nitrogens with one attached hydrogen (secondary N) is 1. The lowest BCUT2D eigenvalue weighted by molar-refractivity contribution is -0.132. The minimum Gasteiger partial charge on any atom is -0.336 e.